The largest absolute Gasteiger partial charge is 0.507 e. The number of phenolic OH excluding ortho intramolecular Hbond substituents is 1. The van der Waals surface area contributed by atoms with Crippen LogP contribution in [0.15, 0.2) is 36.4 Å². The van der Waals surface area contributed by atoms with Crippen LogP contribution in [0.1, 0.15) is 88.5 Å². The van der Waals surface area contributed by atoms with E-state index in [2.05, 4.69) is 27.7 Å². The highest BCUT2D eigenvalue weighted by molar-refractivity contribution is 5.95. The molecule has 2 aromatic carbocycles. The number of nitrogens with zero attached hydrogens (tertiary/aromatic N) is 1. The molecule has 0 aliphatic rings. The number of rotatable bonds is 10. The van der Waals surface area contributed by atoms with Gasteiger partial charge in [-0.05, 0) is 60.1 Å². The minimum Gasteiger partial charge on any atom is -0.507 e. The van der Waals surface area contributed by atoms with Crippen molar-refractivity contribution >= 4 is 11.6 Å². The Hall–Kier alpha value is -2.29. The quantitative estimate of drug-likeness (QED) is 0.409. The molecule has 0 radical (unpaired) electrons. The van der Waals surface area contributed by atoms with E-state index >= 15 is 0 Å². The molecule has 0 unspecified atom stereocenters. The van der Waals surface area contributed by atoms with Crippen molar-refractivity contribution in [2.75, 3.05) is 11.4 Å². The van der Waals surface area contributed by atoms with E-state index < -0.39 is 0 Å². The van der Waals surface area contributed by atoms with E-state index in [1.807, 2.05) is 55.1 Å². The van der Waals surface area contributed by atoms with Crippen molar-refractivity contribution in [3.63, 3.8) is 0 Å². The Morgan fingerprint density at radius 2 is 1.55 bits per heavy atom. The van der Waals surface area contributed by atoms with Gasteiger partial charge in [0.1, 0.15) is 5.75 Å². The lowest BCUT2D eigenvalue weighted by atomic mass is 9.82. The predicted octanol–water partition coefficient (Wildman–Crippen LogP) is 7.24. The van der Waals surface area contributed by atoms with Crippen molar-refractivity contribution in [1.29, 1.82) is 0 Å². The zero-order valence-electron chi connectivity index (χ0n) is 20.4. The zero-order valence-corrected chi connectivity index (χ0v) is 20.4. The van der Waals surface area contributed by atoms with Crippen LogP contribution in [-0.4, -0.2) is 17.6 Å². The number of aromatic hydroxyl groups is 1. The van der Waals surface area contributed by atoms with E-state index in [0.29, 0.717) is 12.2 Å². The molecule has 1 amide bonds. The summed E-state index contributed by atoms with van der Waals surface area (Å²) in [6.07, 6.45) is 7.56. The maximum atomic E-state index is 13.5. The highest BCUT2D eigenvalue weighted by Crippen LogP contribution is 2.36. The zero-order chi connectivity index (χ0) is 23.0. The lowest BCUT2D eigenvalue weighted by molar-refractivity contribution is -0.118. The second kappa shape index (κ2) is 11.4. The van der Waals surface area contributed by atoms with E-state index in [-0.39, 0.29) is 11.3 Å². The smallest absolute Gasteiger partial charge is 0.231 e. The van der Waals surface area contributed by atoms with Crippen molar-refractivity contribution in [3.8, 4) is 5.75 Å². The summed E-state index contributed by atoms with van der Waals surface area (Å²) in [5, 5.41) is 10.7. The average molecular weight is 424 g/mol. The van der Waals surface area contributed by atoms with Gasteiger partial charge in [0.2, 0.25) is 5.91 Å². The average Bonchev–Trinajstić information content (AvgIpc) is 2.73. The normalized spacial score (nSPS) is 11.5. The molecule has 170 valence electrons. The molecule has 2 rings (SSSR count). The first-order chi connectivity index (χ1) is 14.7. The van der Waals surface area contributed by atoms with E-state index in [9.17, 15) is 9.90 Å². The van der Waals surface area contributed by atoms with Gasteiger partial charge < -0.3 is 10.0 Å². The van der Waals surface area contributed by atoms with Crippen molar-refractivity contribution in [2.24, 2.45) is 0 Å². The Bertz CT molecular complexity index is 850. The van der Waals surface area contributed by atoms with Crippen LogP contribution in [0.25, 0.3) is 0 Å². The number of anilines is 1. The monoisotopic (exact) mass is 423 g/mol. The first kappa shape index (κ1) is 25.0. The molecular weight excluding hydrogens is 382 g/mol. The molecule has 0 heterocycles. The van der Waals surface area contributed by atoms with Crippen molar-refractivity contribution < 1.29 is 9.90 Å². The van der Waals surface area contributed by atoms with Crippen LogP contribution in [0.5, 0.6) is 5.75 Å². The first-order valence-corrected chi connectivity index (χ1v) is 11.8. The summed E-state index contributed by atoms with van der Waals surface area (Å²) < 4.78 is 0. The van der Waals surface area contributed by atoms with Gasteiger partial charge in [0.15, 0.2) is 0 Å². The number of para-hydroxylation sites is 1. The molecule has 0 saturated heterocycles. The number of hydrogen-bond acceptors (Lipinski definition) is 2. The van der Waals surface area contributed by atoms with Crippen LogP contribution < -0.4 is 4.90 Å². The third kappa shape index (κ3) is 6.85. The predicted molar refractivity (Wildman–Crippen MR) is 132 cm³/mol. The van der Waals surface area contributed by atoms with E-state index in [1.165, 1.54) is 25.7 Å². The minimum atomic E-state index is -0.183. The van der Waals surface area contributed by atoms with E-state index in [4.69, 9.17) is 0 Å². The van der Waals surface area contributed by atoms with Crippen LogP contribution in [0, 0.1) is 13.8 Å². The molecule has 0 spiro atoms. The van der Waals surface area contributed by atoms with Gasteiger partial charge >= 0.3 is 0 Å². The van der Waals surface area contributed by atoms with Crippen LogP contribution in [-0.2, 0) is 16.6 Å². The van der Waals surface area contributed by atoms with Gasteiger partial charge in [-0.3, -0.25) is 4.79 Å². The number of amides is 1. The van der Waals surface area contributed by atoms with Gasteiger partial charge in [-0.15, -0.1) is 0 Å². The molecular formula is C28H41NO2. The number of carbonyl (C=O) groups is 1. The summed E-state index contributed by atoms with van der Waals surface area (Å²) >= 11 is 0. The Morgan fingerprint density at radius 3 is 2.16 bits per heavy atom. The fraction of sp³-hybridized carbons (Fsp3) is 0.536. The fourth-order valence-corrected chi connectivity index (χ4v) is 4.04. The molecule has 0 bridgehead atoms. The molecule has 0 aromatic heterocycles. The topological polar surface area (TPSA) is 40.5 Å². The Balaban J connectivity index is 2.22. The molecule has 31 heavy (non-hydrogen) atoms. The summed E-state index contributed by atoms with van der Waals surface area (Å²) in [6, 6.07) is 12.0. The van der Waals surface area contributed by atoms with Crippen LogP contribution in [0.4, 0.5) is 5.69 Å². The molecule has 0 aliphatic carbocycles. The second-order valence-corrected chi connectivity index (χ2v) is 9.76. The number of unbranched alkanes of at least 4 members (excludes halogenated alkanes) is 5. The molecule has 0 aliphatic heterocycles. The van der Waals surface area contributed by atoms with Crippen molar-refractivity contribution in [1.82, 2.24) is 0 Å². The van der Waals surface area contributed by atoms with Gasteiger partial charge in [0.25, 0.3) is 0 Å². The Morgan fingerprint density at radius 1 is 0.935 bits per heavy atom. The number of benzene rings is 2. The minimum absolute atomic E-state index is 0.118. The summed E-state index contributed by atoms with van der Waals surface area (Å²) in [5.41, 5.74) is 4.57. The van der Waals surface area contributed by atoms with Crippen molar-refractivity contribution in [2.45, 2.75) is 91.9 Å². The number of carbonyl (C=O) groups excluding carboxylic acids is 1. The summed E-state index contributed by atoms with van der Waals surface area (Å²) in [7, 11) is 0. The van der Waals surface area contributed by atoms with Gasteiger partial charge in [0.05, 0.1) is 6.42 Å². The highest BCUT2D eigenvalue weighted by Gasteiger charge is 2.24. The first-order valence-electron chi connectivity index (χ1n) is 11.8. The maximum Gasteiger partial charge on any atom is 0.231 e. The molecule has 0 atom stereocenters. The number of phenols is 1. The standard InChI is InChI=1S/C28H41NO2/c1-7-8-9-10-11-15-18-29(24-16-13-12-14-17-24)26(30)20-23-19-25(28(4,5)6)27(31)22(3)21(23)2/h12-14,16-17,19,31H,7-11,15,18,20H2,1-6H3. The van der Waals surface area contributed by atoms with Crippen LogP contribution in [0.2, 0.25) is 0 Å². The van der Waals surface area contributed by atoms with Crippen LogP contribution in [0.3, 0.4) is 0 Å². The SMILES string of the molecule is CCCCCCCCN(C(=O)Cc1cc(C(C)(C)C)c(O)c(C)c1C)c1ccccc1. The third-order valence-corrected chi connectivity index (χ3v) is 6.23. The molecule has 1 N–H and O–H groups in total. The van der Waals surface area contributed by atoms with Gasteiger partial charge in [0, 0.05) is 12.2 Å². The maximum absolute atomic E-state index is 13.5. The summed E-state index contributed by atoms with van der Waals surface area (Å²) in [6.45, 7) is 13.2. The van der Waals surface area contributed by atoms with E-state index in [1.54, 1.807) is 0 Å². The van der Waals surface area contributed by atoms with Gasteiger partial charge in [-0.25, -0.2) is 0 Å². The molecule has 0 fully saturated rings. The molecule has 3 nitrogen and oxygen atoms in total. The third-order valence-electron chi connectivity index (χ3n) is 6.23. The second-order valence-electron chi connectivity index (χ2n) is 9.76. The Labute approximate surface area is 189 Å². The van der Waals surface area contributed by atoms with E-state index in [0.717, 1.165) is 47.3 Å². The lowest BCUT2D eigenvalue weighted by Crippen LogP contribution is -2.33. The summed E-state index contributed by atoms with van der Waals surface area (Å²) in [5.74, 6) is 0.473. The molecule has 3 heteroatoms. The highest BCUT2D eigenvalue weighted by atomic mass is 16.3. The summed E-state index contributed by atoms with van der Waals surface area (Å²) in [4.78, 5) is 15.4. The lowest BCUT2D eigenvalue weighted by Gasteiger charge is -2.26. The van der Waals surface area contributed by atoms with Gasteiger partial charge in [-0.1, -0.05) is 84.1 Å². The number of hydrogen-bond donors (Lipinski definition) is 1. The van der Waals surface area contributed by atoms with Crippen LogP contribution >= 0.6 is 0 Å². The molecule has 2 aromatic rings. The van der Waals surface area contributed by atoms with Crippen molar-refractivity contribution in [3.05, 3.63) is 58.7 Å². The molecule has 0 saturated carbocycles. The Kier molecular flexibility index (Phi) is 9.15. The fourth-order valence-electron chi connectivity index (χ4n) is 4.04. The van der Waals surface area contributed by atoms with Gasteiger partial charge in [-0.2, -0.15) is 0 Å².